The first-order valence-electron chi connectivity index (χ1n) is 6.19. The van der Waals surface area contributed by atoms with Crippen molar-refractivity contribution in [1.82, 2.24) is 14.8 Å². The fourth-order valence-corrected chi connectivity index (χ4v) is 1.60. The zero-order valence-electron chi connectivity index (χ0n) is 10.9. The summed E-state index contributed by atoms with van der Waals surface area (Å²) < 4.78 is 41.8. The Morgan fingerprint density at radius 2 is 2.21 bits per heavy atom. The lowest BCUT2D eigenvalue weighted by Crippen LogP contribution is -2.27. The third kappa shape index (κ3) is 6.53. The highest BCUT2D eigenvalue weighted by atomic mass is 19.4. The van der Waals surface area contributed by atoms with Gasteiger partial charge in [0.05, 0.1) is 0 Å². The van der Waals surface area contributed by atoms with Crippen LogP contribution in [0, 0.1) is 0 Å². The number of halogens is 3. The minimum Gasteiger partial charge on any atom is -0.372 e. The Morgan fingerprint density at radius 1 is 1.47 bits per heavy atom. The van der Waals surface area contributed by atoms with Crippen LogP contribution >= 0.6 is 0 Å². The molecule has 19 heavy (non-hydrogen) atoms. The van der Waals surface area contributed by atoms with Gasteiger partial charge in [0.1, 0.15) is 18.8 Å². The van der Waals surface area contributed by atoms with Gasteiger partial charge in [-0.05, 0) is 12.8 Å². The van der Waals surface area contributed by atoms with Crippen LogP contribution in [0.4, 0.5) is 13.2 Å². The zero-order valence-corrected chi connectivity index (χ0v) is 10.9. The molecule has 0 aliphatic carbocycles. The molecule has 1 rings (SSSR count). The molecule has 1 heterocycles. The van der Waals surface area contributed by atoms with E-state index in [1.54, 1.807) is 4.68 Å². The van der Waals surface area contributed by atoms with Crippen molar-refractivity contribution in [2.24, 2.45) is 5.73 Å². The van der Waals surface area contributed by atoms with E-state index in [1.165, 1.54) is 6.33 Å². The van der Waals surface area contributed by atoms with Crippen molar-refractivity contribution in [2.75, 3.05) is 13.2 Å². The van der Waals surface area contributed by atoms with E-state index in [1.807, 2.05) is 6.92 Å². The molecule has 1 unspecified atom stereocenters. The van der Waals surface area contributed by atoms with Gasteiger partial charge in [0.25, 0.3) is 0 Å². The molecule has 0 fully saturated rings. The minimum absolute atomic E-state index is 0.0113. The fraction of sp³-hybridized carbons (Fsp3) is 0.818. The lowest BCUT2D eigenvalue weighted by Gasteiger charge is -2.13. The summed E-state index contributed by atoms with van der Waals surface area (Å²) >= 11 is 0. The van der Waals surface area contributed by atoms with Crippen LogP contribution in [-0.4, -0.2) is 40.2 Å². The van der Waals surface area contributed by atoms with E-state index < -0.39 is 12.8 Å². The maximum Gasteiger partial charge on any atom is 0.411 e. The molecule has 0 aliphatic rings. The van der Waals surface area contributed by atoms with Crippen molar-refractivity contribution in [3.05, 3.63) is 12.2 Å². The number of hydrogen-bond acceptors (Lipinski definition) is 4. The van der Waals surface area contributed by atoms with Gasteiger partial charge in [-0.1, -0.05) is 6.92 Å². The smallest absolute Gasteiger partial charge is 0.372 e. The van der Waals surface area contributed by atoms with Crippen LogP contribution in [0.2, 0.25) is 0 Å². The average Bonchev–Trinajstić information content (AvgIpc) is 2.72. The molecule has 8 heteroatoms. The van der Waals surface area contributed by atoms with Crippen LogP contribution in [0.25, 0.3) is 0 Å². The van der Waals surface area contributed by atoms with Crippen molar-refractivity contribution < 1.29 is 17.9 Å². The first-order valence-corrected chi connectivity index (χ1v) is 6.19. The average molecular weight is 280 g/mol. The molecular weight excluding hydrogens is 261 g/mol. The number of nitrogens with zero attached hydrogens (tertiary/aromatic N) is 3. The van der Waals surface area contributed by atoms with Gasteiger partial charge >= 0.3 is 6.18 Å². The molecule has 0 amide bonds. The highest BCUT2D eigenvalue weighted by molar-refractivity contribution is 4.88. The summed E-state index contributed by atoms with van der Waals surface area (Å²) in [6, 6.07) is -0.284. The number of nitrogens with two attached hydrogens (primary N) is 1. The Morgan fingerprint density at radius 3 is 2.84 bits per heavy atom. The normalized spacial score (nSPS) is 13.7. The van der Waals surface area contributed by atoms with Crippen LogP contribution in [-0.2, 0) is 17.7 Å². The monoisotopic (exact) mass is 280 g/mol. The van der Waals surface area contributed by atoms with Crippen LogP contribution < -0.4 is 5.73 Å². The maximum absolute atomic E-state index is 11.8. The van der Waals surface area contributed by atoms with E-state index in [0.29, 0.717) is 12.8 Å². The van der Waals surface area contributed by atoms with E-state index in [-0.39, 0.29) is 12.6 Å². The van der Waals surface area contributed by atoms with Gasteiger partial charge in [-0.2, -0.15) is 18.3 Å². The number of alkyl halides is 3. The Labute approximate surface area is 109 Å². The largest absolute Gasteiger partial charge is 0.411 e. The summed E-state index contributed by atoms with van der Waals surface area (Å²) in [5.41, 5.74) is 5.84. The van der Waals surface area contributed by atoms with Crippen molar-refractivity contribution in [3.8, 4) is 0 Å². The lowest BCUT2D eigenvalue weighted by atomic mass is 10.1. The van der Waals surface area contributed by atoms with Gasteiger partial charge in [0.15, 0.2) is 0 Å². The summed E-state index contributed by atoms with van der Waals surface area (Å²) in [5, 5.41) is 4.06. The van der Waals surface area contributed by atoms with Gasteiger partial charge in [0, 0.05) is 25.6 Å². The summed E-state index contributed by atoms with van der Waals surface area (Å²) in [6.07, 6.45) is -1.06. The van der Waals surface area contributed by atoms with E-state index in [4.69, 9.17) is 5.73 Å². The summed E-state index contributed by atoms with van der Waals surface area (Å²) in [6.45, 7) is 1.54. The molecule has 0 saturated carbocycles. The van der Waals surface area contributed by atoms with E-state index in [0.717, 1.165) is 18.8 Å². The third-order valence-electron chi connectivity index (χ3n) is 2.47. The molecule has 0 saturated heterocycles. The van der Waals surface area contributed by atoms with E-state index in [2.05, 4.69) is 14.8 Å². The first-order chi connectivity index (χ1) is 8.92. The summed E-state index contributed by atoms with van der Waals surface area (Å²) in [4.78, 5) is 4.09. The fourth-order valence-electron chi connectivity index (χ4n) is 1.60. The maximum atomic E-state index is 11.8. The minimum atomic E-state index is -4.29. The predicted molar refractivity (Wildman–Crippen MR) is 63.5 cm³/mol. The number of aromatic nitrogens is 3. The zero-order chi connectivity index (χ0) is 14.3. The molecule has 110 valence electrons. The number of ether oxygens (including phenoxy) is 1. The molecule has 1 aromatic heterocycles. The second-order valence-electron chi connectivity index (χ2n) is 4.32. The molecule has 0 aliphatic heterocycles. The molecule has 0 aromatic carbocycles. The second-order valence-corrected chi connectivity index (χ2v) is 4.32. The molecular formula is C11H19F3N4O. The SMILES string of the molecule is CCCn1ncnc1CC(N)CCOCC(F)(F)F. The lowest BCUT2D eigenvalue weighted by molar-refractivity contribution is -0.174. The van der Waals surface area contributed by atoms with Crippen LogP contribution in [0.5, 0.6) is 0 Å². The Hall–Kier alpha value is -1.15. The Bertz CT molecular complexity index is 367. The predicted octanol–water partition coefficient (Wildman–Crippen LogP) is 1.53. The van der Waals surface area contributed by atoms with Crippen LogP contribution in [0.15, 0.2) is 6.33 Å². The quantitative estimate of drug-likeness (QED) is 0.733. The molecule has 2 N–H and O–H groups in total. The molecule has 0 radical (unpaired) electrons. The molecule has 1 atom stereocenters. The van der Waals surface area contributed by atoms with Crippen LogP contribution in [0.3, 0.4) is 0 Å². The number of hydrogen-bond donors (Lipinski definition) is 1. The molecule has 1 aromatic rings. The second kappa shape index (κ2) is 7.44. The van der Waals surface area contributed by atoms with Gasteiger partial charge in [-0.15, -0.1) is 0 Å². The first kappa shape index (κ1) is 15.9. The number of aryl methyl sites for hydroxylation is 1. The summed E-state index contributed by atoms with van der Waals surface area (Å²) in [5.74, 6) is 0.755. The van der Waals surface area contributed by atoms with Crippen LogP contribution in [0.1, 0.15) is 25.6 Å². The highest BCUT2D eigenvalue weighted by Gasteiger charge is 2.27. The standard InChI is InChI=1S/C11H19F3N4O/c1-2-4-18-10(16-8-17-18)6-9(15)3-5-19-7-11(12,13)14/h8-9H,2-7,15H2,1H3. The summed E-state index contributed by atoms with van der Waals surface area (Å²) in [7, 11) is 0. The van der Waals surface area contributed by atoms with Gasteiger partial charge in [0.2, 0.25) is 0 Å². The topological polar surface area (TPSA) is 66.0 Å². The number of rotatable bonds is 8. The molecule has 0 bridgehead atoms. The van der Waals surface area contributed by atoms with Gasteiger partial charge in [-0.25, -0.2) is 4.98 Å². The van der Waals surface area contributed by atoms with E-state index >= 15 is 0 Å². The van der Waals surface area contributed by atoms with Gasteiger partial charge < -0.3 is 10.5 Å². The Balaban J connectivity index is 2.27. The highest BCUT2D eigenvalue weighted by Crippen LogP contribution is 2.14. The van der Waals surface area contributed by atoms with Gasteiger partial charge in [-0.3, -0.25) is 4.68 Å². The van der Waals surface area contributed by atoms with Crippen molar-refractivity contribution in [1.29, 1.82) is 0 Å². The third-order valence-corrected chi connectivity index (χ3v) is 2.47. The molecule has 5 nitrogen and oxygen atoms in total. The Kier molecular flexibility index (Phi) is 6.23. The van der Waals surface area contributed by atoms with Crippen molar-refractivity contribution in [3.63, 3.8) is 0 Å². The molecule has 0 spiro atoms. The van der Waals surface area contributed by atoms with E-state index in [9.17, 15) is 13.2 Å². The van der Waals surface area contributed by atoms with Crippen molar-refractivity contribution >= 4 is 0 Å². The van der Waals surface area contributed by atoms with Crippen molar-refractivity contribution in [2.45, 2.75) is 44.9 Å².